The number of rotatable bonds is 3. The number of nitrogens with zero attached hydrogens (tertiary/aromatic N) is 3. The molecule has 0 atom stereocenters. The van der Waals surface area contributed by atoms with Crippen LogP contribution in [0.5, 0.6) is 0 Å². The summed E-state index contributed by atoms with van der Waals surface area (Å²) in [7, 11) is 1.82. The van der Waals surface area contributed by atoms with Crippen molar-refractivity contribution in [2.45, 2.75) is 34.1 Å². The standard InChI is InChI=1S/C21H23N3.C2H6/c1-5-16(3)24-19-12-11-15(2)13-18(19)21(23-14-20(24)22-4)17-9-7-6-8-10-17;1-2/h6-13H,3,5,14H2,1-2,4H3;1-2H3. The molecule has 2 aromatic carbocycles. The predicted molar refractivity (Wildman–Crippen MR) is 115 cm³/mol. The maximum atomic E-state index is 4.90. The molecule has 136 valence electrons. The van der Waals surface area contributed by atoms with Crippen molar-refractivity contribution in [2.75, 3.05) is 18.5 Å². The van der Waals surface area contributed by atoms with Crippen LogP contribution >= 0.6 is 0 Å². The van der Waals surface area contributed by atoms with Crippen molar-refractivity contribution < 1.29 is 0 Å². The smallest absolute Gasteiger partial charge is 0.129 e. The van der Waals surface area contributed by atoms with Crippen molar-refractivity contribution in [3.05, 3.63) is 77.5 Å². The Morgan fingerprint density at radius 3 is 2.46 bits per heavy atom. The van der Waals surface area contributed by atoms with Crippen molar-refractivity contribution in [2.24, 2.45) is 9.98 Å². The van der Waals surface area contributed by atoms with Gasteiger partial charge < -0.3 is 4.90 Å². The summed E-state index contributed by atoms with van der Waals surface area (Å²) < 4.78 is 0. The molecular weight excluding hydrogens is 318 g/mol. The summed E-state index contributed by atoms with van der Waals surface area (Å²) in [5.41, 5.74) is 6.63. The first-order valence-electron chi connectivity index (χ1n) is 9.30. The van der Waals surface area contributed by atoms with Crippen LogP contribution in [-0.2, 0) is 0 Å². The highest BCUT2D eigenvalue weighted by Crippen LogP contribution is 2.31. The van der Waals surface area contributed by atoms with Gasteiger partial charge in [-0.1, -0.05) is 69.3 Å². The Labute approximate surface area is 157 Å². The molecule has 0 aromatic heterocycles. The molecule has 0 radical (unpaired) electrons. The lowest BCUT2D eigenvalue weighted by molar-refractivity contribution is 1.02. The molecule has 0 bridgehead atoms. The minimum absolute atomic E-state index is 0.549. The van der Waals surface area contributed by atoms with Crippen LogP contribution in [0.15, 0.2) is 70.8 Å². The minimum atomic E-state index is 0.549. The van der Waals surface area contributed by atoms with E-state index in [1.165, 1.54) is 5.56 Å². The molecule has 0 saturated heterocycles. The van der Waals surface area contributed by atoms with Gasteiger partial charge >= 0.3 is 0 Å². The lowest BCUT2D eigenvalue weighted by atomic mass is 9.98. The largest absolute Gasteiger partial charge is 0.301 e. The molecule has 0 unspecified atom stereocenters. The van der Waals surface area contributed by atoms with E-state index in [2.05, 4.69) is 72.8 Å². The van der Waals surface area contributed by atoms with Gasteiger partial charge in [-0.25, -0.2) is 0 Å². The van der Waals surface area contributed by atoms with E-state index in [1.54, 1.807) is 0 Å². The summed E-state index contributed by atoms with van der Waals surface area (Å²) in [5, 5.41) is 0. The highest BCUT2D eigenvalue weighted by atomic mass is 15.2. The van der Waals surface area contributed by atoms with Gasteiger partial charge in [0.15, 0.2) is 0 Å². The van der Waals surface area contributed by atoms with Crippen LogP contribution in [0.4, 0.5) is 5.69 Å². The van der Waals surface area contributed by atoms with Crippen LogP contribution in [0.1, 0.15) is 43.9 Å². The topological polar surface area (TPSA) is 28.0 Å². The number of hydrogen-bond acceptors (Lipinski definition) is 2. The molecule has 0 N–H and O–H groups in total. The Bertz CT molecular complexity index is 817. The predicted octanol–water partition coefficient (Wildman–Crippen LogP) is 5.63. The van der Waals surface area contributed by atoms with Crippen molar-refractivity contribution in [1.29, 1.82) is 0 Å². The fourth-order valence-electron chi connectivity index (χ4n) is 3.00. The van der Waals surface area contributed by atoms with Crippen molar-refractivity contribution in [3.8, 4) is 0 Å². The second-order valence-electron chi connectivity index (χ2n) is 5.95. The molecule has 0 aliphatic carbocycles. The molecule has 2 aromatic rings. The third-order valence-electron chi connectivity index (χ3n) is 4.31. The van der Waals surface area contributed by atoms with E-state index in [0.29, 0.717) is 6.54 Å². The van der Waals surface area contributed by atoms with E-state index < -0.39 is 0 Å². The van der Waals surface area contributed by atoms with E-state index in [-0.39, 0.29) is 0 Å². The molecule has 0 spiro atoms. The number of hydrogen-bond donors (Lipinski definition) is 0. The van der Waals surface area contributed by atoms with Crippen LogP contribution < -0.4 is 4.90 Å². The lowest BCUT2D eigenvalue weighted by Crippen LogP contribution is -2.31. The monoisotopic (exact) mass is 347 g/mol. The number of aryl methyl sites for hydroxylation is 1. The fourth-order valence-corrected chi connectivity index (χ4v) is 3.00. The van der Waals surface area contributed by atoms with Crippen molar-refractivity contribution in [3.63, 3.8) is 0 Å². The third-order valence-corrected chi connectivity index (χ3v) is 4.31. The number of benzodiazepines with no additional fused rings is 1. The summed E-state index contributed by atoms with van der Waals surface area (Å²) in [6.07, 6.45) is 0.868. The summed E-state index contributed by atoms with van der Waals surface area (Å²) in [6.45, 7) is 13.0. The average molecular weight is 348 g/mol. The second kappa shape index (κ2) is 9.14. The van der Waals surface area contributed by atoms with Crippen molar-refractivity contribution in [1.82, 2.24) is 0 Å². The summed E-state index contributed by atoms with van der Waals surface area (Å²) in [5.74, 6) is 0.929. The van der Waals surface area contributed by atoms with Crippen LogP contribution in [0.3, 0.4) is 0 Å². The maximum absolute atomic E-state index is 4.90. The fraction of sp³-hybridized carbons (Fsp3) is 0.304. The van der Waals surface area contributed by atoms with Crippen LogP contribution in [0, 0.1) is 6.92 Å². The van der Waals surface area contributed by atoms with Gasteiger partial charge in [-0.05, 0) is 25.5 Å². The number of aliphatic imine (C=N–C) groups is 2. The molecule has 3 rings (SSSR count). The lowest BCUT2D eigenvalue weighted by Gasteiger charge is -2.27. The first-order valence-corrected chi connectivity index (χ1v) is 9.30. The number of benzene rings is 2. The normalized spacial score (nSPS) is 14.7. The van der Waals surface area contributed by atoms with Gasteiger partial charge in [-0.3, -0.25) is 9.98 Å². The van der Waals surface area contributed by atoms with E-state index in [0.717, 1.165) is 40.5 Å². The van der Waals surface area contributed by atoms with Gasteiger partial charge in [0.2, 0.25) is 0 Å². The Balaban J connectivity index is 0.00000117. The molecule has 1 aliphatic heterocycles. The molecule has 26 heavy (non-hydrogen) atoms. The molecule has 3 nitrogen and oxygen atoms in total. The van der Waals surface area contributed by atoms with Crippen LogP contribution in [-0.4, -0.2) is 25.1 Å². The first kappa shape index (κ1) is 19.6. The van der Waals surface area contributed by atoms with Gasteiger partial charge in [0.05, 0.1) is 17.9 Å². The zero-order valence-electron chi connectivity index (χ0n) is 16.6. The van der Waals surface area contributed by atoms with Crippen LogP contribution in [0.2, 0.25) is 0 Å². The van der Waals surface area contributed by atoms with Crippen LogP contribution in [0.25, 0.3) is 0 Å². The number of allylic oxidation sites excluding steroid dienone is 1. The summed E-state index contributed by atoms with van der Waals surface area (Å²) in [4.78, 5) is 11.5. The Morgan fingerprint density at radius 1 is 1.15 bits per heavy atom. The zero-order valence-corrected chi connectivity index (χ0v) is 16.6. The van der Waals surface area contributed by atoms with E-state index in [1.807, 2.05) is 27.0 Å². The van der Waals surface area contributed by atoms with E-state index in [4.69, 9.17) is 4.99 Å². The highest BCUT2D eigenvalue weighted by molar-refractivity contribution is 6.20. The maximum Gasteiger partial charge on any atom is 0.129 e. The molecule has 1 heterocycles. The quantitative estimate of drug-likeness (QED) is 0.707. The SMILES string of the molecule is C=C(CC)N1C(=NC)CN=C(c2ccccc2)c2cc(C)ccc21.CC. The number of fused-ring (bicyclic) bond motifs is 1. The Morgan fingerprint density at radius 2 is 1.85 bits per heavy atom. The highest BCUT2D eigenvalue weighted by Gasteiger charge is 2.24. The third kappa shape index (κ3) is 3.93. The van der Waals surface area contributed by atoms with Crippen molar-refractivity contribution >= 4 is 17.2 Å². The number of amidine groups is 1. The summed E-state index contributed by atoms with van der Waals surface area (Å²) >= 11 is 0. The van der Waals surface area contributed by atoms with Gasteiger partial charge in [0, 0.05) is 23.9 Å². The number of anilines is 1. The van der Waals surface area contributed by atoms with E-state index in [9.17, 15) is 0 Å². The minimum Gasteiger partial charge on any atom is -0.301 e. The molecule has 3 heteroatoms. The van der Waals surface area contributed by atoms with Gasteiger partial charge in [0.1, 0.15) is 5.84 Å². The zero-order chi connectivity index (χ0) is 19.1. The Kier molecular flexibility index (Phi) is 6.90. The Hall–Kier alpha value is -2.68. The van der Waals surface area contributed by atoms with Gasteiger partial charge in [-0.2, -0.15) is 0 Å². The molecule has 0 amide bonds. The van der Waals surface area contributed by atoms with Gasteiger partial charge in [-0.15, -0.1) is 0 Å². The molecular formula is C23H29N3. The average Bonchev–Trinajstić information content (AvgIpc) is 2.85. The molecule has 0 fully saturated rings. The molecule has 0 saturated carbocycles. The molecule has 1 aliphatic rings. The van der Waals surface area contributed by atoms with Gasteiger partial charge in [0.25, 0.3) is 0 Å². The van der Waals surface area contributed by atoms with E-state index >= 15 is 0 Å². The second-order valence-corrected chi connectivity index (χ2v) is 5.95. The first-order chi connectivity index (χ1) is 12.7. The summed E-state index contributed by atoms with van der Waals surface area (Å²) in [6, 6.07) is 16.8.